The van der Waals surface area contributed by atoms with Gasteiger partial charge in [0.1, 0.15) is 0 Å². The van der Waals surface area contributed by atoms with Crippen molar-refractivity contribution in [3.8, 4) is 16.8 Å². The van der Waals surface area contributed by atoms with Crippen LogP contribution in [-0.4, -0.2) is 8.97 Å². The summed E-state index contributed by atoms with van der Waals surface area (Å²) in [6.45, 7) is 0. The highest BCUT2D eigenvalue weighted by atomic mass is 15.0. The van der Waals surface area contributed by atoms with E-state index in [4.69, 9.17) is 0 Å². The van der Waals surface area contributed by atoms with Crippen LogP contribution in [0.25, 0.3) is 78.0 Å². The van der Waals surface area contributed by atoms with Gasteiger partial charge in [0.05, 0.1) is 22.1 Å². The molecule has 0 fully saturated rings. The Hall–Kier alpha value is -4.82. The lowest BCUT2D eigenvalue weighted by atomic mass is 10.00. The molecule has 0 unspecified atom stereocenters. The number of hydrogen-bond donors (Lipinski definition) is 0. The van der Waals surface area contributed by atoms with Crippen LogP contribution in [0.4, 0.5) is 0 Å². The van der Waals surface area contributed by atoms with Gasteiger partial charge in [-0.1, -0.05) is 78.9 Å². The van der Waals surface area contributed by atoms with Crippen LogP contribution >= 0.6 is 0 Å². The van der Waals surface area contributed by atoms with Crippen molar-refractivity contribution in [3.05, 3.63) is 120 Å². The van der Waals surface area contributed by atoms with Gasteiger partial charge in [0, 0.05) is 43.2 Å². The predicted octanol–water partition coefficient (Wildman–Crippen LogP) is 7.80. The van der Waals surface area contributed by atoms with E-state index < -0.39 is 0 Å². The molecule has 8 aromatic rings. The van der Waals surface area contributed by atoms with E-state index in [0.717, 1.165) is 12.8 Å². The molecule has 2 heteroatoms. The lowest BCUT2D eigenvalue weighted by Gasteiger charge is -2.08. The molecule has 0 N–H and O–H groups in total. The zero-order valence-corrected chi connectivity index (χ0v) is 20.9. The van der Waals surface area contributed by atoms with Crippen molar-refractivity contribution >= 4 is 61.1 Å². The van der Waals surface area contributed by atoms with Gasteiger partial charge in [-0.15, -0.1) is 0 Å². The van der Waals surface area contributed by atoms with Crippen molar-refractivity contribution in [2.45, 2.75) is 12.8 Å². The van der Waals surface area contributed by atoms with Gasteiger partial charge >= 0.3 is 0 Å². The van der Waals surface area contributed by atoms with Gasteiger partial charge in [-0.25, -0.2) is 0 Å². The topological polar surface area (TPSA) is 9.34 Å². The van der Waals surface area contributed by atoms with E-state index in [1.54, 1.807) is 0 Å². The molecule has 9 rings (SSSR count). The van der Waals surface area contributed by atoms with Crippen molar-refractivity contribution in [1.29, 1.82) is 0 Å². The number of para-hydroxylation sites is 3. The van der Waals surface area contributed by atoms with E-state index >= 15 is 0 Å². The number of hydrogen-bond acceptors (Lipinski definition) is 0. The molecule has 0 aliphatic heterocycles. The average Bonchev–Trinajstić information content (AvgIpc) is 3.62. The summed E-state index contributed by atoms with van der Waals surface area (Å²) in [6, 6.07) is 40.2. The maximum Gasteiger partial charge on any atom is 0.0620 e. The summed E-state index contributed by atoms with van der Waals surface area (Å²) >= 11 is 0. The summed E-state index contributed by atoms with van der Waals surface area (Å²) in [6.07, 6.45) is 7.01. The minimum Gasteiger partial charge on any atom is -0.310 e. The van der Waals surface area contributed by atoms with E-state index in [9.17, 15) is 0 Å². The summed E-state index contributed by atoms with van der Waals surface area (Å²) in [7, 11) is 0. The molecule has 5 aromatic carbocycles. The first-order valence-corrected chi connectivity index (χ1v) is 13.4. The van der Waals surface area contributed by atoms with Gasteiger partial charge < -0.3 is 8.97 Å². The SMILES string of the molecule is C1=c2c(n(-c3ccccc3)c3ccc(-c4ccc5c(c4)c4cccc6c7ccccc7n5c64)cc23)=CCC1. The molecule has 1 aliphatic rings. The van der Waals surface area contributed by atoms with Crippen molar-refractivity contribution < 1.29 is 0 Å². The maximum absolute atomic E-state index is 2.45. The lowest BCUT2D eigenvalue weighted by Crippen LogP contribution is -2.30. The molecule has 178 valence electrons. The molecular weight excluding hydrogens is 460 g/mol. The fraction of sp³-hybridized carbons (Fsp3) is 0.0556. The van der Waals surface area contributed by atoms with Crippen LogP contribution in [0.1, 0.15) is 12.8 Å². The van der Waals surface area contributed by atoms with Gasteiger partial charge in [-0.2, -0.15) is 0 Å². The Labute approximate surface area is 219 Å². The molecule has 38 heavy (non-hydrogen) atoms. The molecule has 0 amide bonds. The summed E-state index contributed by atoms with van der Waals surface area (Å²) in [5.41, 5.74) is 8.90. The van der Waals surface area contributed by atoms with Gasteiger partial charge in [0.2, 0.25) is 0 Å². The minimum absolute atomic E-state index is 1.09. The van der Waals surface area contributed by atoms with Crippen molar-refractivity contribution in [3.63, 3.8) is 0 Å². The Morgan fingerprint density at radius 1 is 0.474 bits per heavy atom. The summed E-state index contributed by atoms with van der Waals surface area (Å²) in [5.74, 6) is 0. The van der Waals surface area contributed by atoms with Gasteiger partial charge in [-0.3, -0.25) is 0 Å². The predicted molar refractivity (Wildman–Crippen MR) is 161 cm³/mol. The Morgan fingerprint density at radius 2 is 1.13 bits per heavy atom. The van der Waals surface area contributed by atoms with Gasteiger partial charge in [-0.05, 0) is 66.4 Å². The first-order chi connectivity index (χ1) is 18.9. The van der Waals surface area contributed by atoms with Crippen molar-refractivity contribution in [1.82, 2.24) is 8.97 Å². The molecule has 0 saturated heterocycles. The fourth-order valence-corrected chi connectivity index (χ4v) is 6.85. The van der Waals surface area contributed by atoms with Crippen molar-refractivity contribution in [2.24, 2.45) is 0 Å². The third-order valence-electron chi connectivity index (χ3n) is 8.47. The molecule has 0 radical (unpaired) electrons. The minimum atomic E-state index is 1.09. The van der Waals surface area contributed by atoms with Gasteiger partial charge in [0.15, 0.2) is 0 Å². The quantitative estimate of drug-likeness (QED) is 0.237. The van der Waals surface area contributed by atoms with E-state index in [1.165, 1.54) is 76.4 Å². The highest BCUT2D eigenvalue weighted by Gasteiger charge is 2.18. The Morgan fingerprint density at radius 3 is 2.00 bits per heavy atom. The lowest BCUT2D eigenvalue weighted by molar-refractivity contribution is 1.02. The molecule has 2 nitrogen and oxygen atoms in total. The first-order valence-electron chi connectivity index (χ1n) is 13.4. The molecule has 3 heterocycles. The Bertz CT molecular complexity index is 2330. The molecular formula is C36H24N2. The molecule has 0 spiro atoms. The summed E-state index contributed by atoms with van der Waals surface area (Å²) in [4.78, 5) is 0. The molecule has 0 saturated carbocycles. The van der Waals surface area contributed by atoms with Crippen LogP contribution < -0.4 is 10.6 Å². The van der Waals surface area contributed by atoms with E-state index in [1.807, 2.05) is 0 Å². The highest BCUT2D eigenvalue weighted by Crippen LogP contribution is 2.40. The Kier molecular flexibility index (Phi) is 3.93. The fourth-order valence-electron chi connectivity index (χ4n) is 6.85. The zero-order chi connectivity index (χ0) is 24.8. The molecule has 0 bridgehead atoms. The van der Waals surface area contributed by atoms with E-state index in [-0.39, 0.29) is 0 Å². The van der Waals surface area contributed by atoms with Crippen LogP contribution in [0.5, 0.6) is 0 Å². The number of aromatic nitrogens is 2. The number of benzene rings is 5. The van der Waals surface area contributed by atoms with Gasteiger partial charge in [0.25, 0.3) is 0 Å². The summed E-state index contributed by atoms with van der Waals surface area (Å²) < 4.78 is 4.87. The second-order valence-corrected chi connectivity index (χ2v) is 10.5. The van der Waals surface area contributed by atoms with Crippen molar-refractivity contribution in [2.75, 3.05) is 0 Å². The highest BCUT2D eigenvalue weighted by molar-refractivity contribution is 6.23. The largest absolute Gasteiger partial charge is 0.310 e. The smallest absolute Gasteiger partial charge is 0.0620 e. The second-order valence-electron chi connectivity index (χ2n) is 10.5. The standard InChI is InChI=1S/C36H24N2/c1-2-9-25(10-3-1)37-32-15-6-5-12-27(32)30-21-23(17-19-34(30)37)24-18-20-35-31(22-24)29-14-8-13-28-26-11-4-7-16-33(26)38(35)36(28)29/h1-4,7-22H,5-6H2. The molecule has 3 aromatic heterocycles. The van der Waals surface area contributed by atoms with Crippen LogP contribution in [0.3, 0.4) is 0 Å². The van der Waals surface area contributed by atoms with Crippen LogP contribution in [0, 0.1) is 0 Å². The number of fused-ring (bicyclic) bond motifs is 9. The van der Waals surface area contributed by atoms with Crippen LogP contribution in [-0.2, 0) is 0 Å². The van der Waals surface area contributed by atoms with Crippen LogP contribution in [0.2, 0.25) is 0 Å². The molecule has 1 aliphatic carbocycles. The second kappa shape index (κ2) is 7.36. The first kappa shape index (κ1) is 20.3. The third-order valence-corrected chi connectivity index (χ3v) is 8.47. The monoisotopic (exact) mass is 484 g/mol. The molecule has 0 atom stereocenters. The summed E-state index contributed by atoms with van der Waals surface area (Å²) in [5, 5.41) is 9.32. The third kappa shape index (κ3) is 2.57. The number of nitrogens with zero attached hydrogens (tertiary/aromatic N) is 2. The maximum atomic E-state index is 2.45. The van der Waals surface area contributed by atoms with E-state index in [2.05, 4.69) is 130 Å². The number of rotatable bonds is 2. The normalized spacial score (nSPS) is 13.5. The zero-order valence-electron chi connectivity index (χ0n) is 20.9. The Balaban J connectivity index is 1.31. The van der Waals surface area contributed by atoms with Crippen LogP contribution in [0.15, 0.2) is 109 Å². The van der Waals surface area contributed by atoms with E-state index in [0.29, 0.717) is 0 Å². The average molecular weight is 485 g/mol.